The molecule has 2 aliphatic rings. The van der Waals surface area contributed by atoms with Gasteiger partial charge in [-0.2, -0.15) is 0 Å². The fourth-order valence-corrected chi connectivity index (χ4v) is 3.08. The maximum Gasteiger partial charge on any atom is 0.166 e. The first kappa shape index (κ1) is 10.7. The van der Waals surface area contributed by atoms with Crippen LogP contribution in [-0.4, -0.2) is 24.8 Å². The van der Waals surface area contributed by atoms with Gasteiger partial charge in [0.25, 0.3) is 0 Å². The van der Waals surface area contributed by atoms with Gasteiger partial charge in [0, 0.05) is 31.3 Å². The van der Waals surface area contributed by atoms with E-state index in [1.807, 2.05) is 25.2 Å². The zero-order valence-electron chi connectivity index (χ0n) is 9.88. The van der Waals surface area contributed by atoms with Crippen molar-refractivity contribution in [3.63, 3.8) is 0 Å². The number of ketones is 1. The van der Waals surface area contributed by atoms with Crippen LogP contribution in [0.5, 0.6) is 0 Å². The van der Waals surface area contributed by atoms with Crippen LogP contribution in [0.3, 0.4) is 0 Å². The summed E-state index contributed by atoms with van der Waals surface area (Å²) in [6.45, 7) is 0. The number of carbonyl (C=O) groups is 1. The van der Waals surface area contributed by atoms with E-state index in [1.165, 1.54) is 19.3 Å². The predicted molar refractivity (Wildman–Crippen MR) is 61.5 cm³/mol. The van der Waals surface area contributed by atoms with Gasteiger partial charge in [-0.1, -0.05) is 19.3 Å². The summed E-state index contributed by atoms with van der Waals surface area (Å²) in [5.41, 5.74) is 1.11. The van der Waals surface area contributed by atoms with Crippen LogP contribution in [0.1, 0.15) is 44.9 Å². The van der Waals surface area contributed by atoms with Crippen LogP contribution in [0.25, 0.3) is 0 Å². The summed E-state index contributed by atoms with van der Waals surface area (Å²) in [4.78, 5) is 14.3. The molecular weight excluding hydrogens is 186 g/mol. The number of carbonyl (C=O) groups excluding carboxylic acids is 1. The molecule has 1 spiro atoms. The predicted octanol–water partition coefficient (Wildman–Crippen LogP) is 2.75. The van der Waals surface area contributed by atoms with E-state index in [2.05, 4.69) is 0 Å². The van der Waals surface area contributed by atoms with E-state index >= 15 is 0 Å². The van der Waals surface area contributed by atoms with Crippen molar-refractivity contribution in [2.24, 2.45) is 5.41 Å². The summed E-state index contributed by atoms with van der Waals surface area (Å²) in [5.74, 6) is 0.455. The average Bonchev–Trinajstić information content (AvgIpc) is 2.48. The first-order valence-electron chi connectivity index (χ1n) is 6.06. The molecule has 0 saturated heterocycles. The molecular formula is C13H21NO. The van der Waals surface area contributed by atoms with E-state index in [1.54, 1.807) is 0 Å². The van der Waals surface area contributed by atoms with Crippen LogP contribution >= 0.6 is 0 Å². The molecule has 2 fully saturated rings. The van der Waals surface area contributed by atoms with Crippen LogP contribution in [0.15, 0.2) is 11.8 Å². The summed E-state index contributed by atoms with van der Waals surface area (Å²) < 4.78 is 0. The summed E-state index contributed by atoms with van der Waals surface area (Å²) in [6.07, 6.45) is 10.2. The highest BCUT2D eigenvalue weighted by atomic mass is 16.1. The van der Waals surface area contributed by atoms with E-state index in [9.17, 15) is 4.79 Å². The van der Waals surface area contributed by atoms with Gasteiger partial charge in [-0.3, -0.25) is 4.79 Å². The number of rotatable bonds is 1. The molecule has 0 amide bonds. The van der Waals surface area contributed by atoms with Gasteiger partial charge in [-0.25, -0.2) is 0 Å². The number of Topliss-reactive ketones (excluding diaryl/α,β-unsaturated/α-hetero) is 1. The smallest absolute Gasteiger partial charge is 0.166 e. The van der Waals surface area contributed by atoms with Crippen molar-refractivity contribution >= 4 is 5.78 Å². The Bertz CT molecular complexity index is 285. The molecule has 15 heavy (non-hydrogen) atoms. The Morgan fingerprint density at radius 3 is 2.40 bits per heavy atom. The third kappa shape index (κ3) is 1.95. The van der Waals surface area contributed by atoms with Crippen LogP contribution in [0.4, 0.5) is 0 Å². The molecule has 0 atom stereocenters. The quantitative estimate of drug-likeness (QED) is 0.616. The van der Waals surface area contributed by atoms with Gasteiger partial charge in [0.1, 0.15) is 0 Å². The molecule has 0 aromatic heterocycles. The minimum atomic E-state index is 0.0556. The topological polar surface area (TPSA) is 20.3 Å². The van der Waals surface area contributed by atoms with Gasteiger partial charge in [-0.15, -0.1) is 0 Å². The molecule has 0 unspecified atom stereocenters. The molecule has 0 radical (unpaired) electrons. The first-order valence-corrected chi connectivity index (χ1v) is 6.06. The molecule has 0 aromatic carbocycles. The van der Waals surface area contributed by atoms with Crippen molar-refractivity contribution in [2.45, 2.75) is 44.9 Å². The SMILES string of the molecule is CN(C)/C=C1\CCC2(CCCCC2)C1=O. The molecule has 2 aliphatic carbocycles. The van der Waals surface area contributed by atoms with Crippen molar-refractivity contribution in [3.8, 4) is 0 Å². The summed E-state index contributed by atoms with van der Waals surface area (Å²) >= 11 is 0. The molecule has 0 N–H and O–H groups in total. The second-order valence-electron chi connectivity index (χ2n) is 5.29. The summed E-state index contributed by atoms with van der Waals surface area (Å²) in [5, 5.41) is 0. The molecule has 0 aromatic rings. The second-order valence-corrected chi connectivity index (χ2v) is 5.29. The molecule has 0 aliphatic heterocycles. The van der Waals surface area contributed by atoms with Gasteiger partial charge in [0.05, 0.1) is 0 Å². The van der Waals surface area contributed by atoms with Gasteiger partial charge >= 0.3 is 0 Å². The lowest BCUT2D eigenvalue weighted by Crippen LogP contribution is -2.29. The van der Waals surface area contributed by atoms with E-state index in [0.717, 1.165) is 31.3 Å². The minimum Gasteiger partial charge on any atom is -0.383 e. The highest BCUT2D eigenvalue weighted by molar-refractivity contribution is 6.02. The standard InChI is InChI=1S/C13H21NO/c1-14(2)10-11-6-9-13(12(11)15)7-4-3-5-8-13/h10H,3-9H2,1-2H3/b11-10+. The number of hydrogen-bond donors (Lipinski definition) is 0. The third-order valence-corrected chi connectivity index (χ3v) is 3.87. The van der Waals surface area contributed by atoms with E-state index < -0.39 is 0 Å². The maximum atomic E-state index is 12.3. The maximum absolute atomic E-state index is 12.3. The molecule has 2 rings (SSSR count). The number of allylic oxidation sites excluding steroid dienone is 1. The van der Waals surface area contributed by atoms with Crippen molar-refractivity contribution in [2.75, 3.05) is 14.1 Å². The second kappa shape index (κ2) is 3.99. The average molecular weight is 207 g/mol. The Morgan fingerprint density at radius 2 is 1.80 bits per heavy atom. The fourth-order valence-electron chi connectivity index (χ4n) is 3.08. The Labute approximate surface area is 92.3 Å². The Hall–Kier alpha value is -0.790. The lowest BCUT2D eigenvalue weighted by molar-refractivity contribution is -0.124. The largest absolute Gasteiger partial charge is 0.383 e. The van der Waals surface area contributed by atoms with Gasteiger partial charge in [-0.05, 0) is 25.7 Å². The normalized spacial score (nSPS) is 27.6. The van der Waals surface area contributed by atoms with Crippen molar-refractivity contribution < 1.29 is 4.79 Å². The molecule has 0 bridgehead atoms. The van der Waals surface area contributed by atoms with Crippen LogP contribution in [0, 0.1) is 5.41 Å². The van der Waals surface area contributed by atoms with Crippen molar-refractivity contribution in [1.29, 1.82) is 0 Å². The van der Waals surface area contributed by atoms with Crippen LogP contribution in [-0.2, 0) is 4.79 Å². The van der Waals surface area contributed by atoms with Gasteiger partial charge < -0.3 is 4.90 Å². The summed E-state index contributed by atoms with van der Waals surface area (Å²) in [6, 6.07) is 0. The molecule has 2 heteroatoms. The van der Waals surface area contributed by atoms with Crippen LogP contribution in [0.2, 0.25) is 0 Å². The molecule has 2 nitrogen and oxygen atoms in total. The Morgan fingerprint density at radius 1 is 1.13 bits per heavy atom. The number of nitrogens with zero attached hydrogens (tertiary/aromatic N) is 1. The highest BCUT2D eigenvalue weighted by Gasteiger charge is 2.44. The van der Waals surface area contributed by atoms with E-state index in [4.69, 9.17) is 0 Å². The van der Waals surface area contributed by atoms with Gasteiger partial charge in [0.2, 0.25) is 0 Å². The third-order valence-electron chi connectivity index (χ3n) is 3.87. The molecule has 84 valence electrons. The molecule has 2 saturated carbocycles. The number of hydrogen-bond acceptors (Lipinski definition) is 2. The zero-order valence-corrected chi connectivity index (χ0v) is 9.88. The molecule has 0 heterocycles. The Balaban J connectivity index is 2.15. The van der Waals surface area contributed by atoms with E-state index in [0.29, 0.717) is 5.78 Å². The first-order chi connectivity index (χ1) is 7.14. The Kier molecular flexibility index (Phi) is 2.85. The van der Waals surface area contributed by atoms with Crippen molar-refractivity contribution in [1.82, 2.24) is 4.90 Å². The summed E-state index contributed by atoms with van der Waals surface area (Å²) in [7, 11) is 3.98. The van der Waals surface area contributed by atoms with Gasteiger partial charge in [0.15, 0.2) is 5.78 Å². The zero-order chi connectivity index (χ0) is 10.9. The lowest BCUT2D eigenvalue weighted by Gasteiger charge is -2.31. The monoisotopic (exact) mass is 207 g/mol. The highest BCUT2D eigenvalue weighted by Crippen LogP contribution is 2.48. The van der Waals surface area contributed by atoms with Crippen molar-refractivity contribution in [3.05, 3.63) is 11.8 Å². The van der Waals surface area contributed by atoms with E-state index in [-0.39, 0.29) is 5.41 Å². The van der Waals surface area contributed by atoms with Crippen LogP contribution < -0.4 is 0 Å². The minimum absolute atomic E-state index is 0.0556. The lowest BCUT2D eigenvalue weighted by atomic mass is 9.72. The fraction of sp³-hybridized carbons (Fsp3) is 0.769.